The molecule has 0 radical (unpaired) electrons. The normalized spacial score (nSPS) is 54.7. The minimum Gasteiger partial charge on any atom is -0.394 e. The van der Waals surface area contributed by atoms with Crippen molar-refractivity contribution < 1.29 is 168 Å². The Morgan fingerprint density at radius 3 is 1.43 bits per heavy atom. The highest BCUT2D eigenvalue weighted by Crippen LogP contribution is 2.71. The number of methoxy groups -OCH3 is 1. The van der Waals surface area contributed by atoms with Gasteiger partial charge in [-0.15, -0.1) is 0 Å². The molecule has 0 aromatic rings. The second-order valence-electron chi connectivity index (χ2n) is 30.1. The van der Waals surface area contributed by atoms with E-state index in [1.165, 1.54) is 0 Å². The van der Waals surface area contributed by atoms with Gasteiger partial charge in [-0.3, -0.25) is 0 Å². The molecule has 4 saturated carbocycles. The van der Waals surface area contributed by atoms with E-state index >= 15 is 0 Å². The molecule has 0 unspecified atom stereocenters. The summed E-state index contributed by atoms with van der Waals surface area (Å²) in [4.78, 5) is 0. The first-order valence-corrected chi connectivity index (χ1v) is 34.8. The van der Waals surface area contributed by atoms with E-state index in [0.29, 0.717) is 43.4 Å². The molecule has 0 aromatic heterocycles. The number of rotatable bonds is 23. The summed E-state index contributed by atoms with van der Waals surface area (Å²) in [5.74, 6) is 0.917. The van der Waals surface area contributed by atoms with Crippen molar-refractivity contribution in [3.05, 3.63) is 0 Å². The highest BCUT2D eigenvalue weighted by molar-refractivity contribution is 5.16. The van der Waals surface area contributed by atoms with Crippen LogP contribution in [0.4, 0.5) is 0 Å². The predicted octanol–water partition coefficient (Wildman–Crippen LogP) is -7.65. The Balaban J connectivity index is 0.746. The number of hydrogen-bond donors (Lipinski definition) is 20. The van der Waals surface area contributed by atoms with E-state index in [0.717, 1.165) is 38.5 Å². The predicted molar refractivity (Wildman–Crippen MR) is 322 cm³/mol. The SMILES string of the molecule is CO[C@@]1(CC[C@@H](C)CO[C@@H]2O[C@H](CO)[C@@H](O)[C@H](O)[C@H]2O)O[C@H]2C[C@H]3[C@@H]4CC[C@H]5C[C@@H](O[C@@H]6O[C@H](CO)[C@H](O[C@@H]7O[C@H](CO)[C@@H](O)[C@H](O[C@@H]8O[C@H](CO)[C@@H](O)[C@H](O)[C@H]8O)[C@H]7O[C@@H]7O[C@H](CO)[C@@H](O)[C@H](O[C@@H]8O[C@H](CO)[C@@H](O)[C@H](O)[C@H]8O)[C@H]7O)[C@H](O)[C@H]6O)CC[C@]5(C)[C@H]4CC[C@]3(C)[C@H]2[C@@H]1C. The maximum absolute atomic E-state index is 12.1. The van der Waals surface area contributed by atoms with Crippen LogP contribution in [0.15, 0.2) is 0 Å². The van der Waals surface area contributed by atoms with E-state index in [9.17, 15) is 102 Å². The van der Waals surface area contributed by atoms with E-state index < -0.39 is 236 Å². The minimum absolute atomic E-state index is 0.0150. The molecule has 98 heavy (non-hydrogen) atoms. The number of aliphatic hydroxyl groups is 20. The van der Waals surface area contributed by atoms with Crippen molar-refractivity contribution >= 4 is 0 Å². The molecule has 11 rings (SSSR count). The van der Waals surface area contributed by atoms with Gasteiger partial charge in [-0.2, -0.15) is 0 Å². The zero-order chi connectivity index (χ0) is 70.9. The average molecular weight is 1420 g/mol. The Labute approximate surface area is 566 Å². The maximum atomic E-state index is 12.1. The molecule has 11 fully saturated rings. The number of ether oxygens (including phenoxy) is 14. The average Bonchev–Trinajstić information content (AvgIpc) is 1.45. The summed E-state index contributed by atoms with van der Waals surface area (Å²) >= 11 is 0. The molecule has 7 aliphatic heterocycles. The van der Waals surface area contributed by atoms with Crippen LogP contribution < -0.4 is 0 Å². The third-order valence-corrected chi connectivity index (χ3v) is 24.6. The number of aliphatic hydroxyl groups excluding tert-OH is 20. The van der Waals surface area contributed by atoms with Gasteiger partial charge in [0, 0.05) is 19.4 Å². The Morgan fingerprint density at radius 1 is 0.418 bits per heavy atom. The quantitative estimate of drug-likeness (QED) is 0.0423. The second-order valence-corrected chi connectivity index (χ2v) is 30.1. The van der Waals surface area contributed by atoms with Crippen molar-refractivity contribution in [2.75, 3.05) is 53.4 Å². The summed E-state index contributed by atoms with van der Waals surface area (Å²) in [6.45, 7) is 3.96. The van der Waals surface area contributed by atoms with E-state index in [1.807, 2.05) is 6.92 Å². The molecule has 4 aliphatic carbocycles. The molecule has 7 heterocycles. The fraction of sp³-hybridized carbons (Fsp3) is 1.00. The van der Waals surface area contributed by atoms with E-state index in [1.54, 1.807) is 7.11 Å². The van der Waals surface area contributed by atoms with Gasteiger partial charge in [0.15, 0.2) is 43.5 Å². The first-order valence-electron chi connectivity index (χ1n) is 34.8. The minimum atomic E-state index is -2.24. The van der Waals surface area contributed by atoms with Gasteiger partial charge in [0.05, 0.1) is 58.5 Å². The molecular weight excluding hydrogens is 1310 g/mol. The highest BCUT2D eigenvalue weighted by Gasteiger charge is 2.69. The Hall–Kier alpha value is -1.36. The van der Waals surface area contributed by atoms with Gasteiger partial charge < -0.3 is 168 Å². The number of fused-ring (bicyclic) bond motifs is 7. The van der Waals surface area contributed by atoms with E-state index in [2.05, 4.69) is 20.8 Å². The van der Waals surface area contributed by atoms with Gasteiger partial charge in [-0.25, -0.2) is 0 Å². The van der Waals surface area contributed by atoms with Crippen LogP contribution in [-0.2, 0) is 66.3 Å². The molecule has 42 atom stereocenters. The Morgan fingerprint density at radius 2 is 0.867 bits per heavy atom. The molecule has 0 aromatic carbocycles. The summed E-state index contributed by atoms with van der Waals surface area (Å²) < 4.78 is 85.0. The summed E-state index contributed by atoms with van der Waals surface area (Å²) in [5.41, 5.74) is -0.0763. The third kappa shape index (κ3) is 14.3. The molecule has 0 spiro atoms. The van der Waals surface area contributed by atoms with Crippen LogP contribution >= 0.6 is 0 Å². The zero-order valence-electron chi connectivity index (χ0n) is 55.7. The lowest BCUT2D eigenvalue weighted by molar-refractivity contribution is -0.411. The first kappa shape index (κ1) is 77.7. The lowest BCUT2D eigenvalue weighted by Crippen LogP contribution is -2.69. The summed E-state index contributed by atoms with van der Waals surface area (Å²) in [6, 6.07) is 0. The monoisotopic (exact) mass is 1420 g/mol. The zero-order valence-corrected chi connectivity index (χ0v) is 55.7. The van der Waals surface area contributed by atoms with Crippen LogP contribution in [0.5, 0.6) is 0 Å². The van der Waals surface area contributed by atoms with Crippen molar-refractivity contribution in [2.24, 2.45) is 52.3 Å². The molecule has 0 amide bonds. The van der Waals surface area contributed by atoms with E-state index in [4.69, 9.17) is 66.3 Å². The second kappa shape index (κ2) is 31.6. The van der Waals surface area contributed by atoms with Crippen LogP contribution in [0.1, 0.15) is 91.9 Å². The molecule has 0 bridgehead atoms. The van der Waals surface area contributed by atoms with Crippen LogP contribution in [-0.4, -0.2) is 358 Å². The fourth-order valence-corrected chi connectivity index (χ4v) is 18.9. The summed E-state index contributed by atoms with van der Waals surface area (Å²) in [5, 5.41) is 216. The highest BCUT2D eigenvalue weighted by atomic mass is 16.8. The molecule has 568 valence electrons. The topological polar surface area (TPSA) is 534 Å². The smallest absolute Gasteiger partial charge is 0.187 e. The molecular formula is C64H108O34. The third-order valence-electron chi connectivity index (χ3n) is 24.6. The number of hydrogen-bond acceptors (Lipinski definition) is 34. The van der Waals surface area contributed by atoms with Gasteiger partial charge in [0.2, 0.25) is 0 Å². The van der Waals surface area contributed by atoms with Gasteiger partial charge in [0.1, 0.15) is 146 Å². The Bertz CT molecular complexity index is 2530. The molecule has 34 nitrogen and oxygen atoms in total. The Kier molecular flexibility index (Phi) is 25.1. The summed E-state index contributed by atoms with van der Waals surface area (Å²) in [7, 11) is 1.70. The molecule has 34 heteroatoms. The molecule has 11 aliphatic rings. The summed E-state index contributed by atoms with van der Waals surface area (Å²) in [6.07, 6.45) is -47.2. The van der Waals surface area contributed by atoms with Gasteiger partial charge in [-0.05, 0) is 104 Å². The lowest BCUT2D eigenvalue weighted by atomic mass is 9.44. The van der Waals surface area contributed by atoms with Crippen LogP contribution in [0, 0.1) is 52.3 Å². The van der Waals surface area contributed by atoms with E-state index in [-0.39, 0.29) is 47.2 Å². The van der Waals surface area contributed by atoms with Crippen molar-refractivity contribution in [3.63, 3.8) is 0 Å². The van der Waals surface area contributed by atoms with Crippen LogP contribution in [0.2, 0.25) is 0 Å². The fourth-order valence-electron chi connectivity index (χ4n) is 18.9. The largest absolute Gasteiger partial charge is 0.394 e. The standard InChI is InChI=1S/C64H108O34/c1-23(22-86-56-47(80)43(76)38(71)31(16-65)88-56)8-13-64(85-5)24(2)37-30(98-64)15-29-27-7-6-25-14-26(9-11-62(25,3)28(27)10-12-63(29,37)4)87-57-50(83)46(79)52(36(21-70)93-57)94-61-55(54(42(75)35(20-69)92-61)96-59-49(82)45(78)40(73)33(18-67)90-59)97-60-51(84)53(41(74)34(19-68)91-60)95-58-48(81)44(77)39(72)32(17-66)89-58/h23-61,65-84H,6-22H2,1-5H3/t23-,24+,25+,26+,27-,28+,29+,30+,31-,32-,33-,34-,35-,36-,37+,38-,39-,40-,41-,42-,43+,44+,45+,46-,47-,48-,49-,50-,51-,52+,53+,54+,55-,56-,57-,58+,59+,60+,61+,62+,63+,64+/m1/s1. The molecule has 7 saturated heterocycles. The van der Waals surface area contributed by atoms with Gasteiger partial charge in [0.25, 0.3) is 0 Å². The van der Waals surface area contributed by atoms with Crippen LogP contribution in [0.25, 0.3) is 0 Å². The van der Waals surface area contributed by atoms with Crippen molar-refractivity contribution in [1.29, 1.82) is 0 Å². The van der Waals surface area contributed by atoms with Crippen molar-refractivity contribution in [1.82, 2.24) is 0 Å². The van der Waals surface area contributed by atoms with Crippen LogP contribution in [0.3, 0.4) is 0 Å². The van der Waals surface area contributed by atoms with Gasteiger partial charge in [-0.1, -0.05) is 27.7 Å². The first-order chi connectivity index (χ1) is 46.6. The lowest BCUT2D eigenvalue weighted by Gasteiger charge is -2.61. The maximum Gasteiger partial charge on any atom is 0.187 e. The van der Waals surface area contributed by atoms with Crippen molar-refractivity contribution in [3.8, 4) is 0 Å². The van der Waals surface area contributed by atoms with Gasteiger partial charge >= 0.3 is 0 Å². The molecule has 20 N–H and O–H groups in total. The van der Waals surface area contributed by atoms with Crippen molar-refractivity contribution in [2.45, 2.75) is 294 Å².